The number of hydrogen-bond donors (Lipinski definition) is 2. The number of aromatic nitrogens is 2. The molecule has 0 aliphatic rings. The van der Waals surface area contributed by atoms with Crippen LogP contribution < -0.4 is 14.8 Å². The van der Waals surface area contributed by atoms with E-state index < -0.39 is 10.0 Å². The number of rotatable bonds is 7. The summed E-state index contributed by atoms with van der Waals surface area (Å²) in [6.07, 6.45) is 0. The fraction of sp³-hybridized carbons (Fsp3) is 0.375. The van der Waals surface area contributed by atoms with Crippen LogP contribution in [0.5, 0.6) is 5.75 Å². The van der Waals surface area contributed by atoms with Gasteiger partial charge >= 0.3 is 0 Å². The highest BCUT2D eigenvalue weighted by Crippen LogP contribution is 2.22. The molecular weight excluding hydrogens is 328 g/mol. The Morgan fingerprint density at radius 1 is 1.12 bits per heavy atom. The SMILES string of the molecule is COc1ccc(S(=O)(=O)Nc2ccc(NCC(C)C)nn2)c(C)c1. The average Bonchev–Trinajstić information content (AvgIpc) is 2.53. The van der Waals surface area contributed by atoms with Crippen molar-refractivity contribution in [3.8, 4) is 5.75 Å². The second-order valence-corrected chi connectivity index (χ2v) is 7.47. The molecule has 0 atom stereocenters. The third-order valence-electron chi connectivity index (χ3n) is 3.27. The van der Waals surface area contributed by atoms with Crippen molar-refractivity contribution in [2.24, 2.45) is 5.92 Å². The Kier molecular flexibility index (Phi) is 5.61. The van der Waals surface area contributed by atoms with Crippen LogP contribution in [0.3, 0.4) is 0 Å². The third-order valence-corrected chi connectivity index (χ3v) is 4.78. The van der Waals surface area contributed by atoms with E-state index in [0.29, 0.717) is 23.0 Å². The Morgan fingerprint density at radius 3 is 2.33 bits per heavy atom. The van der Waals surface area contributed by atoms with Gasteiger partial charge in [-0.1, -0.05) is 13.8 Å². The number of hydrogen-bond acceptors (Lipinski definition) is 6. The molecule has 1 aromatic carbocycles. The number of aryl methyl sites for hydroxylation is 1. The largest absolute Gasteiger partial charge is 0.497 e. The van der Waals surface area contributed by atoms with E-state index in [9.17, 15) is 8.42 Å². The van der Waals surface area contributed by atoms with Crippen molar-refractivity contribution in [2.45, 2.75) is 25.7 Å². The first-order chi connectivity index (χ1) is 11.3. The minimum absolute atomic E-state index is 0.167. The van der Waals surface area contributed by atoms with Gasteiger partial charge in [0, 0.05) is 6.54 Å². The molecule has 130 valence electrons. The summed E-state index contributed by atoms with van der Waals surface area (Å²) in [5.41, 5.74) is 0.588. The van der Waals surface area contributed by atoms with E-state index in [1.807, 2.05) is 0 Å². The second kappa shape index (κ2) is 7.48. The van der Waals surface area contributed by atoms with Gasteiger partial charge in [-0.15, -0.1) is 10.2 Å². The maximum Gasteiger partial charge on any atom is 0.263 e. The van der Waals surface area contributed by atoms with Gasteiger partial charge in [0.25, 0.3) is 10.0 Å². The molecule has 0 bridgehead atoms. The molecule has 1 heterocycles. The zero-order valence-electron chi connectivity index (χ0n) is 14.2. The van der Waals surface area contributed by atoms with Crippen molar-refractivity contribution in [2.75, 3.05) is 23.7 Å². The molecule has 7 nitrogen and oxygen atoms in total. The molecule has 0 saturated carbocycles. The Balaban J connectivity index is 2.14. The molecular formula is C16H22N4O3S. The Morgan fingerprint density at radius 2 is 1.79 bits per heavy atom. The normalized spacial score (nSPS) is 11.4. The monoisotopic (exact) mass is 350 g/mol. The van der Waals surface area contributed by atoms with Crippen LogP contribution in [0.1, 0.15) is 19.4 Å². The van der Waals surface area contributed by atoms with Gasteiger partial charge in [0.05, 0.1) is 12.0 Å². The van der Waals surface area contributed by atoms with Crippen molar-refractivity contribution in [3.05, 3.63) is 35.9 Å². The summed E-state index contributed by atoms with van der Waals surface area (Å²) in [6, 6.07) is 8.04. The summed E-state index contributed by atoms with van der Waals surface area (Å²) < 4.78 is 32.5. The lowest BCUT2D eigenvalue weighted by Gasteiger charge is -2.11. The molecule has 0 aliphatic heterocycles. The molecule has 0 aliphatic carbocycles. The van der Waals surface area contributed by atoms with Gasteiger partial charge in [0.15, 0.2) is 5.82 Å². The summed E-state index contributed by atoms with van der Waals surface area (Å²) in [7, 11) is -2.20. The number of nitrogens with one attached hydrogen (secondary N) is 2. The summed E-state index contributed by atoms with van der Waals surface area (Å²) >= 11 is 0. The van der Waals surface area contributed by atoms with Gasteiger partial charge in [-0.3, -0.25) is 4.72 Å². The first-order valence-electron chi connectivity index (χ1n) is 7.57. The fourth-order valence-corrected chi connectivity index (χ4v) is 3.26. The molecule has 0 spiro atoms. The number of methoxy groups -OCH3 is 1. The van der Waals surface area contributed by atoms with Crippen LogP contribution in [0.2, 0.25) is 0 Å². The Bertz CT molecular complexity index is 789. The minimum Gasteiger partial charge on any atom is -0.497 e. The molecule has 0 fully saturated rings. The van der Waals surface area contributed by atoms with Crippen LogP contribution in [0, 0.1) is 12.8 Å². The second-order valence-electron chi connectivity index (χ2n) is 5.82. The van der Waals surface area contributed by atoms with E-state index in [2.05, 4.69) is 34.1 Å². The fourth-order valence-electron chi connectivity index (χ4n) is 2.03. The van der Waals surface area contributed by atoms with E-state index in [-0.39, 0.29) is 10.7 Å². The molecule has 2 rings (SSSR count). The van der Waals surface area contributed by atoms with Gasteiger partial charge in [-0.2, -0.15) is 0 Å². The molecule has 0 amide bonds. The lowest BCUT2D eigenvalue weighted by Crippen LogP contribution is -2.16. The van der Waals surface area contributed by atoms with Crippen LogP contribution in [0.25, 0.3) is 0 Å². The number of nitrogens with zero attached hydrogens (tertiary/aromatic N) is 2. The number of ether oxygens (including phenoxy) is 1. The average molecular weight is 350 g/mol. The minimum atomic E-state index is -3.74. The summed E-state index contributed by atoms with van der Waals surface area (Å²) in [6.45, 7) is 6.65. The van der Waals surface area contributed by atoms with Crippen LogP contribution in [-0.4, -0.2) is 32.3 Å². The molecule has 2 aromatic rings. The third kappa shape index (κ3) is 4.58. The maximum atomic E-state index is 12.5. The molecule has 0 radical (unpaired) electrons. The van der Waals surface area contributed by atoms with E-state index in [1.165, 1.54) is 13.2 Å². The first-order valence-corrected chi connectivity index (χ1v) is 9.05. The van der Waals surface area contributed by atoms with Gasteiger partial charge in [0.2, 0.25) is 0 Å². The van der Waals surface area contributed by atoms with Gasteiger partial charge in [-0.05, 0) is 48.7 Å². The number of sulfonamides is 1. The lowest BCUT2D eigenvalue weighted by atomic mass is 10.2. The summed E-state index contributed by atoms with van der Waals surface area (Å²) in [5, 5.41) is 11.0. The topological polar surface area (TPSA) is 93.2 Å². The highest BCUT2D eigenvalue weighted by molar-refractivity contribution is 7.92. The van der Waals surface area contributed by atoms with Crippen molar-refractivity contribution in [3.63, 3.8) is 0 Å². The Hall–Kier alpha value is -2.35. The van der Waals surface area contributed by atoms with Crippen LogP contribution in [0.15, 0.2) is 35.2 Å². The smallest absolute Gasteiger partial charge is 0.263 e. The van der Waals surface area contributed by atoms with E-state index in [0.717, 1.165) is 6.54 Å². The van der Waals surface area contributed by atoms with Crippen LogP contribution in [0.4, 0.5) is 11.6 Å². The van der Waals surface area contributed by atoms with E-state index in [4.69, 9.17) is 4.74 Å². The zero-order valence-corrected chi connectivity index (χ0v) is 15.0. The van der Waals surface area contributed by atoms with E-state index >= 15 is 0 Å². The predicted octanol–water partition coefficient (Wildman–Crippen LogP) is 2.66. The Labute approximate surface area is 142 Å². The molecule has 0 unspecified atom stereocenters. The predicted molar refractivity (Wildman–Crippen MR) is 93.9 cm³/mol. The lowest BCUT2D eigenvalue weighted by molar-refractivity contribution is 0.414. The summed E-state index contributed by atoms with van der Waals surface area (Å²) in [5.74, 6) is 1.85. The van der Waals surface area contributed by atoms with Crippen molar-refractivity contribution < 1.29 is 13.2 Å². The molecule has 1 aromatic heterocycles. The molecule has 8 heteroatoms. The van der Waals surface area contributed by atoms with Crippen molar-refractivity contribution >= 4 is 21.7 Å². The highest BCUT2D eigenvalue weighted by atomic mass is 32.2. The van der Waals surface area contributed by atoms with Gasteiger partial charge < -0.3 is 10.1 Å². The van der Waals surface area contributed by atoms with Crippen LogP contribution >= 0.6 is 0 Å². The maximum absolute atomic E-state index is 12.5. The zero-order chi connectivity index (χ0) is 17.7. The first kappa shape index (κ1) is 18.0. The van der Waals surface area contributed by atoms with Crippen molar-refractivity contribution in [1.29, 1.82) is 0 Å². The number of benzene rings is 1. The van der Waals surface area contributed by atoms with E-state index in [1.54, 1.807) is 31.2 Å². The van der Waals surface area contributed by atoms with Crippen LogP contribution in [-0.2, 0) is 10.0 Å². The number of anilines is 2. The molecule has 0 saturated heterocycles. The quantitative estimate of drug-likeness (QED) is 0.797. The summed E-state index contributed by atoms with van der Waals surface area (Å²) in [4.78, 5) is 0.173. The molecule has 24 heavy (non-hydrogen) atoms. The standard InChI is InChI=1S/C16H22N4O3S/c1-11(2)10-17-15-7-8-16(19-18-15)20-24(21,22)14-6-5-13(23-4)9-12(14)3/h5-9,11H,10H2,1-4H3,(H,17,18)(H,19,20). The van der Waals surface area contributed by atoms with Gasteiger partial charge in [-0.25, -0.2) is 8.42 Å². The van der Waals surface area contributed by atoms with Crippen molar-refractivity contribution in [1.82, 2.24) is 10.2 Å². The van der Waals surface area contributed by atoms with Gasteiger partial charge in [0.1, 0.15) is 11.6 Å². The highest BCUT2D eigenvalue weighted by Gasteiger charge is 2.18. The molecule has 2 N–H and O–H groups in total.